The number of rotatable bonds is 5. The number of hydrogen-bond donors (Lipinski definition) is 2. The molecule has 0 fully saturated rings. The molecule has 0 aromatic rings. The maximum absolute atomic E-state index is 10.3. The third-order valence-corrected chi connectivity index (χ3v) is 2.46. The second-order valence-corrected chi connectivity index (χ2v) is 4.14. The molecule has 1 atom stereocenters. The van der Waals surface area contributed by atoms with E-state index in [0.29, 0.717) is 5.75 Å². The van der Waals surface area contributed by atoms with Gasteiger partial charge < -0.3 is 10.8 Å². The number of carboxylic acids is 1. The van der Waals surface area contributed by atoms with E-state index < -0.39 is 11.5 Å². The quantitative estimate of drug-likeness (QED) is 0.655. The zero-order chi connectivity index (χ0) is 8.91. The van der Waals surface area contributed by atoms with E-state index in [2.05, 4.69) is 0 Å². The smallest absolute Gasteiger partial charge is 0.305 e. The van der Waals surface area contributed by atoms with E-state index in [1.54, 1.807) is 18.7 Å². The topological polar surface area (TPSA) is 63.3 Å². The lowest BCUT2D eigenvalue weighted by Crippen LogP contribution is -2.41. The van der Waals surface area contributed by atoms with Gasteiger partial charge in [0, 0.05) is 11.3 Å². The highest BCUT2D eigenvalue weighted by Gasteiger charge is 2.21. The Kier molecular flexibility index (Phi) is 4.52. The summed E-state index contributed by atoms with van der Waals surface area (Å²) in [5, 5.41) is 8.46. The summed E-state index contributed by atoms with van der Waals surface area (Å²) in [6.45, 7) is 3.80. The second kappa shape index (κ2) is 4.62. The summed E-state index contributed by atoms with van der Waals surface area (Å²) in [6.07, 6.45) is 0.0417. The van der Waals surface area contributed by atoms with Gasteiger partial charge in [-0.15, -0.1) is 0 Å². The zero-order valence-electron chi connectivity index (χ0n) is 6.96. The summed E-state index contributed by atoms with van der Waals surface area (Å²) in [7, 11) is 0. The van der Waals surface area contributed by atoms with Gasteiger partial charge in [-0.25, -0.2) is 0 Å². The fraction of sp³-hybridized carbons (Fsp3) is 0.857. The Morgan fingerprint density at radius 2 is 2.27 bits per heavy atom. The average molecular weight is 177 g/mol. The molecule has 0 rings (SSSR count). The van der Waals surface area contributed by atoms with Crippen molar-refractivity contribution < 1.29 is 9.90 Å². The first kappa shape index (κ1) is 10.8. The van der Waals surface area contributed by atoms with Gasteiger partial charge in [0.2, 0.25) is 0 Å². The SMILES string of the molecule is CCSCC(C)(N)CC(=O)O. The van der Waals surface area contributed by atoms with Crippen molar-refractivity contribution in [2.45, 2.75) is 25.8 Å². The molecule has 0 aliphatic carbocycles. The van der Waals surface area contributed by atoms with Gasteiger partial charge in [-0.1, -0.05) is 6.92 Å². The molecule has 0 aromatic carbocycles. The van der Waals surface area contributed by atoms with Crippen molar-refractivity contribution in [2.75, 3.05) is 11.5 Å². The van der Waals surface area contributed by atoms with E-state index in [0.717, 1.165) is 5.75 Å². The number of hydrogen-bond acceptors (Lipinski definition) is 3. The van der Waals surface area contributed by atoms with E-state index in [-0.39, 0.29) is 6.42 Å². The van der Waals surface area contributed by atoms with E-state index in [9.17, 15) is 4.79 Å². The number of nitrogens with two attached hydrogens (primary N) is 1. The molecule has 0 saturated heterocycles. The van der Waals surface area contributed by atoms with Crippen LogP contribution in [0.25, 0.3) is 0 Å². The number of carbonyl (C=O) groups is 1. The van der Waals surface area contributed by atoms with Gasteiger partial charge in [0.25, 0.3) is 0 Å². The molecule has 1 unspecified atom stereocenters. The first-order valence-corrected chi connectivity index (χ1v) is 4.72. The lowest BCUT2D eigenvalue weighted by atomic mass is 10.0. The summed E-state index contributed by atoms with van der Waals surface area (Å²) >= 11 is 1.67. The van der Waals surface area contributed by atoms with E-state index in [1.807, 2.05) is 6.92 Å². The van der Waals surface area contributed by atoms with Crippen molar-refractivity contribution in [2.24, 2.45) is 5.73 Å². The Bertz CT molecular complexity index is 136. The lowest BCUT2D eigenvalue weighted by Gasteiger charge is -2.21. The predicted molar refractivity (Wildman–Crippen MR) is 47.8 cm³/mol. The Morgan fingerprint density at radius 1 is 1.73 bits per heavy atom. The molecule has 4 heteroatoms. The third-order valence-electron chi connectivity index (χ3n) is 1.19. The molecule has 0 spiro atoms. The van der Waals surface area contributed by atoms with Crippen LogP contribution in [0.4, 0.5) is 0 Å². The van der Waals surface area contributed by atoms with Crippen LogP contribution < -0.4 is 5.73 Å². The zero-order valence-corrected chi connectivity index (χ0v) is 7.78. The molecule has 11 heavy (non-hydrogen) atoms. The van der Waals surface area contributed by atoms with Crippen molar-refractivity contribution >= 4 is 17.7 Å². The van der Waals surface area contributed by atoms with Crippen molar-refractivity contribution in [1.29, 1.82) is 0 Å². The fourth-order valence-corrected chi connectivity index (χ4v) is 1.50. The number of aliphatic carboxylic acids is 1. The van der Waals surface area contributed by atoms with Gasteiger partial charge in [0.05, 0.1) is 6.42 Å². The minimum Gasteiger partial charge on any atom is -0.481 e. The van der Waals surface area contributed by atoms with E-state index in [4.69, 9.17) is 10.8 Å². The standard InChI is InChI=1S/C7H15NO2S/c1-3-11-5-7(2,8)4-6(9)10/h3-5,8H2,1-2H3,(H,9,10). The monoisotopic (exact) mass is 177 g/mol. The molecule has 0 bridgehead atoms. The summed E-state index contributed by atoms with van der Waals surface area (Å²) < 4.78 is 0. The molecular formula is C7H15NO2S. The summed E-state index contributed by atoms with van der Waals surface area (Å²) in [6, 6.07) is 0. The predicted octanol–water partition coefficient (Wildman–Crippen LogP) is 0.932. The number of thioether (sulfide) groups is 1. The highest BCUT2D eigenvalue weighted by Crippen LogP contribution is 2.13. The summed E-state index contributed by atoms with van der Waals surface area (Å²) in [5.41, 5.74) is 5.14. The van der Waals surface area contributed by atoms with Crippen molar-refractivity contribution in [1.82, 2.24) is 0 Å². The highest BCUT2D eigenvalue weighted by atomic mass is 32.2. The molecule has 0 aliphatic heterocycles. The van der Waals surface area contributed by atoms with Crippen LogP contribution in [-0.4, -0.2) is 28.1 Å². The van der Waals surface area contributed by atoms with Crippen LogP contribution in [0, 0.1) is 0 Å². The molecule has 0 aliphatic rings. The maximum atomic E-state index is 10.3. The molecule has 3 N–H and O–H groups in total. The van der Waals surface area contributed by atoms with Crippen LogP contribution in [0.15, 0.2) is 0 Å². The van der Waals surface area contributed by atoms with Crippen molar-refractivity contribution in [3.05, 3.63) is 0 Å². The minimum absolute atomic E-state index is 0.0417. The van der Waals surface area contributed by atoms with Crippen LogP contribution in [0.2, 0.25) is 0 Å². The van der Waals surface area contributed by atoms with E-state index >= 15 is 0 Å². The van der Waals surface area contributed by atoms with Crippen LogP contribution in [0.1, 0.15) is 20.3 Å². The van der Waals surface area contributed by atoms with Gasteiger partial charge in [-0.3, -0.25) is 4.79 Å². The van der Waals surface area contributed by atoms with Crippen molar-refractivity contribution in [3.8, 4) is 0 Å². The molecule has 0 radical (unpaired) electrons. The largest absolute Gasteiger partial charge is 0.481 e. The summed E-state index contributed by atoms with van der Waals surface area (Å²) in [4.78, 5) is 10.3. The Labute approximate surface area is 71.3 Å². The molecule has 3 nitrogen and oxygen atoms in total. The first-order valence-electron chi connectivity index (χ1n) is 3.56. The van der Waals surface area contributed by atoms with Crippen LogP contribution in [-0.2, 0) is 4.79 Å². The fourth-order valence-electron chi connectivity index (χ4n) is 0.732. The maximum Gasteiger partial charge on any atom is 0.305 e. The molecular weight excluding hydrogens is 162 g/mol. The van der Waals surface area contributed by atoms with Crippen LogP contribution in [0.3, 0.4) is 0 Å². The third kappa shape index (κ3) is 6.19. The van der Waals surface area contributed by atoms with Gasteiger partial charge in [-0.2, -0.15) is 11.8 Å². The summed E-state index contributed by atoms with van der Waals surface area (Å²) in [5.74, 6) is 0.856. The van der Waals surface area contributed by atoms with E-state index in [1.165, 1.54) is 0 Å². The molecule has 66 valence electrons. The van der Waals surface area contributed by atoms with Gasteiger partial charge in [-0.05, 0) is 12.7 Å². The van der Waals surface area contributed by atoms with Crippen LogP contribution in [0.5, 0.6) is 0 Å². The Hall–Kier alpha value is -0.220. The van der Waals surface area contributed by atoms with Crippen LogP contribution >= 0.6 is 11.8 Å². The molecule has 0 heterocycles. The second-order valence-electron chi connectivity index (χ2n) is 2.86. The highest BCUT2D eigenvalue weighted by molar-refractivity contribution is 7.99. The van der Waals surface area contributed by atoms with Gasteiger partial charge in [0.15, 0.2) is 0 Å². The minimum atomic E-state index is -0.827. The van der Waals surface area contributed by atoms with Gasteiger partial charge in [0.1, 0.15) is 0 Å². The average Bonchev–Trinajstić information content (AvgIpc) is 1.81. The van der Waals surface area contributed by atoms with Gasteiger partial charge >= 0.3 is 5.97 Å². The lowest BCUT2D eigenvalue weighted by molar-refractivity contribution is -0.138. The van der Waals surface area contributed by atoms with Crippen molar-refractivity contribution in [3.63, 3.8) is 0 Å². The Balaban J connectivity index is 3.70. The first-order chi connectivity index (χ1) is 4.98. The normalized spacial score (nSPS) is 15.9. The molecule has 0 aromatic heterocycles. The molecule has 0 saturated carbocycles. The molecule has 0 amide bonds. The Morgan fingerprint density at radius 3 is 2.64 bits per heavy atom. The number of carboxylic acid groups (broad SMARTS) is 1.